The van der Waals surface area contributed by atoms with Crippen LogP contribution < -0.4 is 10.6 Å². The van der Waals surface area contributed by atoms with E-state index in [9.17, 15) is 0 Å². The van der Waals surface area contributed by atoms with Gasteiger partial charge in [0.2, 0.25) is 0 Å². The van der Waals surface area contributed by atoms with E-state index in [-0.39, 0.29) is 0 Å². The van der Waals surface area contributed by atoms with Crippen molar-refractivity contribution in [3.63, 3.8) is 0 Å². The van der Waals surface area contributed by atoms with E-state index < -0.39 is 0 Å². The second kappa shape index (κ2) is 6.39. The van der Waals surface area contributed by atoms with E-state index in [0.29, 0.717) is 5.41 Å². The predicted molar refractivity (Wildman–Crippen MR) is 90.7 cm³/mol. The Bertz CT molecular complexity index is 460. The van der Waals surface area contributed by atoms with Crippen molar-refractivity contribution in [2.24, 2.45) is 17.1 Å². The molecule has 2 N–H and O–H groups in total. The maximum absolute atomic E-state index is 6.23. The Labute approximate surface area is 129 Å². The first-order valence-corrected chi connectivity index (χ1v) is 8.75. The minimum Gasteiger partial charge on any atom is -0.371 e. The molecule has 3 rings (SSSR count). The molecule has 0 saturated heterocycles. The van der Waals surface area contributed by atoms with E-state index >= 15 is 0 Å². The number of nitrogens with zero attached hydrogens (tertiary/aromatic N) is 1. The number of rotatable bonds is 3. The molecule has 0 unspecified atom stereocenters. The van der Waals surface area contributed by atoms with Crippen LogP contribution in [-0.2, 0) is 6.42 Å². The highest BCUT2D eigenvalue weighted by Gasteiger charge is 2.35. The summed E-state index contributed by atoms with van der Waals surface area (Å²) in [7, 11) is 0. The fraction of sp³-hybridized carbons (Fsp3) is 0.684. The van der Waals surface area contributed by atoms with Gasteiger partial charge in [0.25, 0.3) is 0 Å². The maximum Gasteiger partial charge on any atom is 0.0398 e. The summed E-state index contributed by atoms with van der Waals surface area (Å²) >= 11 is 0. The van der Waals surface area contributed by atoms with Crippen molar-refractivity contribution in [3.8, 4) is 0 Å². The van der Waals surface area contributed by atoms with Crippen LogP contribution in [0.15, 0.2) is 24.3 Å². The molecule has 21 heavy (non-hydrogen) atoms. The van der Waals surface area contributed by atoms with Crippen molar-refractivity contribution in [1.29, 1.82) is 0 Å². The van der Waals surface area contributed by atoms with Gasteiger partial charge in [-0.05, 0) is 56.2 Å². The van der Waals surface area contributed by atoms with Crippen molar-refractivity contribution < 1.29 is 0 Å². The molecule has 2 heteroatoms. The van der Waals surface area contributed by atoms with Gasteiger partial charge in [-0.15, -0.1) is 0 Å². The summed E-state index contributed by atoms with van der Waals surface area (Å²) in [5, 5.41) is 0. The first-order chi connectivity index (χ1) is 10.2. The molecule has 1 aromatic rings. The van der Waals surface area contributed by atoms with Crippen LogP contribution in [0.5, 0.6) is 0 Å². The molecule has 2 nitrogen and oxygen atoms in total. The Balaban J connectivity index is 1.80. The van der Waals surface area contributed by atoms with Crippen LogP contribution >= 0.6 is 0 Å². The lowest BCUT2D eigenvalue weighted by molar-refractivity contribution is 0.169. The Morgan fingerprint density at radius 3 is 2.71 bits per heavy atom. The summed E-state index contributed by atoms with van der Waals surface area (Å²) in [5.74, 6) is 0.890. The fourth-order valence-electron chi connectivity index (χ4n) is 4.14. The lowest BCUT2D eigenvalue weighted by Crippen LogP contribution is -2.45. The smallest absolute Gasteiger partial charge is 0.0398 e. The summed E-state index contributed by atoms with van der Waals surface area (Å²) in [6.45, 7) is 5.60. The van der Waals surface area contributed by atoms with Crippen molar-refractivity contribution in [1.82, 2.24) is 0 Å². The molecule has 1 aliphatic carbocycles. The van der Waals surface area contributed by atoms with Crippen molar-refractivity contribution >= 4 is 5.69 Å². The van der Waals surface area contributed by atoms with Gasteiger partial charge in [-0.3, -0.25) is 0 Å². The third kappa shape index (κ3) is 3.26. The van der Waals surface area contributed by atoms with Crippen LogP contribution in [0.25, 0.3) is 0 Å². The van der Waals surface area contributed by atoms with Gasteiger partial charge in [0.1, 0.15) is 0 Å². The van der Waals surface area contributed by atoms with Crippen LogP contribution in [0.3, 0.4) is 0 Å². The highest BCUT2D eigenvalue weighted by Crippen LogP contribution is 2.40. The molecule has 116 valence electrons. The number of benzene rings is 1. The standard InChI is InChI=1S/C19H30N2/c1-16-9-11-19(14-20,12-10-16)15-21-13-5-4-7-17-6-2-3-8-18(17)21/h2-3,6,8,16H,4-5,7,9-15,20H2,1H3. The van der Waals surface area contributed by atoms with Crippen molar-refractivity contribution in [2.75, 3.05) is 24.5 Å². The van der Waals surface area contributed by atoms with Gasteiger partial charge in [0.05, 0.1) is 0 Å². The molecule has 0 radical (unpaired) electrons. The lowest BCUT2D eigenvalue weighted by atomic mass is 9.70. The van der Waals surface area contributed by atoms with E-state index in [4.69, 9.17) is 5.73 Å². The summed E-state index contributed by atoms with van der Waals surface area (Å²) in [5.41, 5.74) is 9.59. The summed E-state index contributed by atoms with van der Waals surface area (Å²) in [4.78, 5) is 2.64. The topological polar surface area (TPSA) is 29.3 Å². The molecule has 0 aromatic heterocycles. The molecule has 1 aliphatic heterocycles. The second-order valence-corrected chi connectivity index (χ2v) is 7.39. The molecule has 0 spiro atoms. The Morgan fingerprint density at radius 1 is 1.19 bits per heavy atom. The molecule has 2 aliphatic rings. The first kappa shape index (κ1) is 14.9. The van der Waals surface area contributed by atoms with Crippen LogP contribution in [0.4, 0.5) is 5.69 Å². The second-order valence-electron chi connectivity index (χ2n) is 7.39. The zero-order valence-corrected chi connectivity index (χ0v) is 13.5. The van der Waals surface area contributed by atoms with Gasteiger partial charge in [0.15, 0.2) is 0 Å². The third-order valence-electron chi connectivity index (χ3n) is 5.75. The van der Waals surface area contributed by atoms with Gasteiger partial charge < -0.3 is 10.6 Å². The predicted octanol–water partition coefficient (Wildman–Crippen LogP) is 3.98. The Hall–Kier alpha value is -1.02. The molecule has 1 heterocycles. The maximum atomic E-state index is 6.23. The number of fused-ring (bicyclic) bond motifs is 1. The minimum absolute atomic E-state index is 0.351. The zero-order chi connectivity index (χ0) is 14.7. The van der Waals surface area contributed by atoms with E-state index in [1.807, 2.05) is 0 Å². The van der Waals surface area contributed by atoms with E-state index in [2.05, 4.69) is 36.1 Å². The molecular weight excluding hydrogens is 256 g/mol. The number of hydrogen-bond donors (Lipinski definition) is 1. The summed E-state index contributed by atoms with van der Waals surface area (Å²) < 4.78 is 0. The number of hydrogen-bond acceptors (Lipinski definition) is 2. The average Bonchev–Trinajstić information content (AvgIpc) is 2.73. The van der Waals surface area contributed by atoms with Gasteiger partial charge >= 0.3 is 0 Å². The SMILES string of the molecule is CC1CCC(CN)(CN2CCCCc3ccccc32)CC1. The summed E-state index contributed by atoms with van der Waals surface area (Å²) in [6, 6.07) is 9.00. The molecular formula is C19H30N2. The Morgan fingerprint density at radius 2 is 1.95 bits per heavy atom. The quantitative estimate of drug-likeness (QED) is 0.910. The van der Waals surface area contributed by atoms with Crippen LogP contribution in [-0.4, -0.2) is 19.6 Å². The average molecular weight is 286 g/mol. The minimum atomic E-state index is 0.351. The molecule has 0 bridgehead atoms. The van der Waals surface area contributed by atoms with Crippen LogP contribution in [0.1, 0.15) is 51.0 Å². The summed E-state index contributed by atoms with van der Waals surface area (Å²) in [6.07, 6.45) is 9.19. The van der Waals surface area contributed by atoms with Gasteiger partial charge in [-0.1, -0.05) is 38.0 Å². The number of para-hydroxylation sites is 1. The largest absolute Gasteiger partial charge is 0.371 e. The number of nitrogens with two attached hydrogens (primary N) is 1. The third-order valence-corrected chi connectivity index (χ3v) is 5.75. The lowest BCUT2D eigenvalue weighted by Gasteiger charge is -2.43. The normalized spacial score (nSPS) is 29.8. The highest BCUT2D eigenvalue weighted by molar-refractivity contribution is 5.54. The first-order valence-electron chi connectivity index (χ1n) is 8.75. The van der Waals surface area contributed by atoms with Crippen LogP contribution in [0, 0.1) is 11.3 Å². The van der Waals surface area contributed by atoms with Crippen LogP contribution in [0.2, 0.25) is 0 Å². The van der Waals surface area contributed by atoms with Gasteiger partial charge in [0, 0.05) is 24.2 Å². The number of anilines is 1. The monoisotopic (exact) mass is 286 g/mol. The molecule has 1 saturated carbocycles. The Kier molecular flexibility index (Phi) is 4.54. The fourth-order valence-corrected chi connectivity index (χ4v) is 4.14. The molecule has 1 fully saturated rings. The molecule has 0 amide bonds. The van der Waals surface area contributed by atoms with Crippen molar-refractivity contribution in [3.05, 3.63) is 29.8 Å². The zero-order valence-electron chi connectivity index (χ0n) is 13.5. The highest BCUT2D eigenvalue weighted by atomic mass is 15.1. The molecule has 1 aromatic carbocycles. The van der Waals surface area contributed by atoms with E-state index in [0.717, 1.165) is 19.0 Å². The van der Waals surface area contributed by atoms with Crippen molar-refractivity contribution in [2.45, 2.75) is 51.9 Å². The van der Waals surface area contributed by atoms with Gasteiger partial charge in [-0.2, -0.15) is 0 Å². The number of aryl methyl sites for hydroxylation is 1. The van der Waals surface area contributed by atoms with Gasteiger partial charge in [-0.25, -0.2) is 0 Å². The van der Waals surface area contributed by atoms with E-state index in [1.54, 1.807) is 0 Å². The van der Waals surface area contributed by atoms with E-state index in [1.165, 1.54) is 62.7 Å². The molecule has 0 atom stereocenters.